The molecule has 1 fully saturated rings. The van der Waals surface area contributed by atoms with Crippen LogP contribution in [0.3, 0.4) is 0 Å². The predicted octanol–water partition coefficient (Wildman–Crippen LogP) is 0.754. The van der Waals surface area contributed by atoms with E-state index in [0.29, 0.717) is 25.5 Å². The molecule has 0 atom stereocenters. The molecular weight excluding hydrogens is 206 g/mol. The molecule has 0 spiro atoms. The maximum absolute atomic E-state index is 11.4. The summed E-state index contributed by atoms with van der Waals surface area (Å²) < 4.78 is 0. The van der Waals surface area contributed by atoms with Gasteiger partial charge in [0.1, 0.15) is 0 Å². The lowest BCUT2D eigenvalue weighted by Gasteiger charge is -2.22. The summed E-state index contributed by atoms with van der Waals surface area (Å²) in [7, 11) is 0. The summed E-state index contributed by atoms with van der Waals surface area (Å²) in [5.41, 5.74) is 0. The van der Waals surface area contributed by atoms with Crippen molar-refractivity contribution in [3.63, 3.8) is 0 Å². The molecule has 0 aromatic heterocycles. The van der Waals surface area contributed by atoms with Gasteiger partial charge in [0.05, 0.1) is 0 Å². The van der Waals surface area contributed by atoms with Gasteiger partial charge in [-0.15, -0.1) is 0 Å². The Kier molecular flexibility index (Phi) is 6.37. The average molecular weight is 227 g/mol. The number of hydrogen-bond donors (Lipinski definition) is 3. The first kappa shape index (κ1) is 12.8. The van der Waals surface area contributed by atoms with E-state index in [0.717, 1.165) is 19.3 Å². The molecule has 3 N–H and O–H groups in total. The Bertz CT molecular complexity index is 215. The van der Waals surface area contributed by atoms with Crippen molar-refractivity contribution in [3.8, 4) is 0 Å². The number of amides is 3. The number of urea groups is 1. The topological polar surface area (TPSA) is 70.2 Å². The van der Waals surface area contributed by atoms with Crippen molar-refractivity contribution >= 4 is 12.4 Å². The highest BCUT2D eigenvalue weighted by molar-refractivity contribution is 5.74. The zero-order valence-corrected chi connectivity index (χ0v) is 9.63. The molecule has 0 aliphatic heterocycles. The molecule has 0 aromatic carbocycles. The van der Waals surface area contributed by atoms with E-state index in [1.165, 1.54) is 19.3 Å². The molecule has 0 aromatic rings. The Balaban J connectivity index is 1.99. The number of rotatable bonds is 6. The summed E-state index contributed by atoms with van der Waals surface area (Å²) in [5, 5.41) is 8.30. The van der Waals surface area contributed by atoms with Crippen molar-refractivity contribution < 1.29 is 9.59 Å². The van der Waals surface area contributed by atoms with Crippen LogP contribution in [0.5, 0.6) is 0 Å². The smallest absolute Gasteiger partial charge is 0.315 e. The maximum Gasteiger partial charge on any atom is 0.315 e. The molecule has 5 heteroatoms. The largest absolute Gasteiger partial charge is 0.359 e. The van der Waals surface area contributed by atoms with Crippen LogP contribution in [0.25, 0.3) is 0 Å². The lowest BCUT2D eigenvalue weighted by atomic mass is 9.96. The fourth-order valence-electron chi connectivity index (χ4n) is 1.93. The zero-order valence-electron chi connectivity index (χ0n) is 9.63. The van der Waals surface area contributed by atoms with Gasteiger partial charge in [-0.3, -0.25) is 4.79 Å². The van der Waals surface area contributed by atoms with Gasteiger partial charge in [-0.1, -0.05) is 19.3 Å². The summed E-state index contributed by atoms with van der Waals surface area (Å²) in [6, 6.07) is 0.264. The van der Waals surface area contributed by atoms with Crippen molar-refractivity contribution in [2.24, 2.45) is 0 Å². The van der Waals surface area contributed by atoms with Crippen LogP contribution in [0.1, 0.15) is 38.5 Å². The minimum Gasteiger partial charge on any atom is -0.359 e. The third-order valence-electron chi connectivity index (χ3n) is 2.81. The molecule has 1 aliphatic rings. The van der Waals surface area contributed by atoms with Crippen molar-refractivity contribution in [1.29, 1.82) is 0 Å². The quantitative estimate of drug-likeness (QED) is 0.463. The molecule has 0 saturated heterocycles. The highest BCUT2D eigenvalue weighted by Crippen LogP contribution is 2.16. The summed E-state index contributed by atoms with van der Waals surface area (Å²) in [4.78, 5) is 21.4. The van der Waals surface area contributed by atoms with E-state index < -0.39 is 0 Å². The van der Waals surface area contributed by atoms with E-state index >= 15 is 0 Å². The summed E-state index contributed by atoms with van der Waals surface area (Å²) in [6.45, 7) is 1.20. The molecule has 1 saturated carbocycles. The van der Waals surface area contributed by atoms with Gasteiger partial charge in [0.15, 0.2) is 0 Å². The fourth-order valence-corrected chi connectivity index (χ4v) is 1.93. The van der Waals surface area contributed by atoms with E-state index in [1.807, 2.05) is 0 Å². The monoisotopic (exact) mass is 227 g/mol. The van der Waals surface area contributed by atoms with Gasteiger partial charge in [0.2, 0.25) is 6.41 Å². The Morgan fingerprint density at radius 3 is 2.62 bits per heavy atom. The van der Waals surface area contributed by atoms with Crippen molar-refractivity contribution in [2.75, 3.05) is 13.1 Å². The molecule has 0 radical (unpaired) electrons. The Labute approximate surface area is 96.4 Å². The van der Waals surface area contributed by atoms with Crippen LogP contribution in [-0.2, 0) is 4.79 Å². The Hall–Kier alpha value is -1.26. The maximum atomic E-state index is 11.4. The third kappa shape index (κ3) is 5.58. The number of hydrogen-bond acceptors (Lipinski definition) is 2. The molecule has 1 rings (SSSR count). The van der Waals surface area contributed by atoms with Crippen LogP contribution < -0.4 is 16.0 Å². The van der Waals surface area contributed by atoms with E-state index in [2.05, 4.69) is 16.0 Å². The van der Waals surface area contributed by atoms with Crippen molar-refractivity contribution in [3.05, 3.63) is 0 Å². The molecule has 0 unspecified atom stereocenters. The van der Waals surface area contributed by atoms with Gasteiger partial charge in [-0.25, -0.2) is 4.79 Å². The highest BCUT2D eigenvalue weighted by Gasteiger charge is 2.14. The predicted molar refractivity (Wildman–Crippen MR) is 62.1 cm³/mol. The normalized spacial score (nSPS) is 16.5. The lowest BCUT2D eigenvalue weighted by Crippen LogP contribution is -2.43. The van der Waals surface area contributed by atoms with E-state index in [-0.39, 0.29) is 6.03 Å². The van der Waals surface area contributed by atoms with Gasteiger partial charge in [-0.05, 0) is 19.3 Å². The molecular formula is C11H21N3O2. The minimum absolute atomic E-state index is 0.0852. The number of carbonyl (C=O) groups is 2. The van der Waals surface area contributed by atoms with Crippen LogP contribution in [0.2, 0.25) is 0 Å². The minimum atomic E-state index is -0.0852. The number of nitrogens with one attached hydrogen (secondary N) is 3. The molecule has 0 heterocycles. The molecule has 5 nitrogen and oxygen atoms in total. The fraction of sp³-hybridized carbons (Fsp3) is 0.818. The van der Waals surface area contributed by atoms with Crippen LogP contribution in [0.15, 0.2) is 0 Å². The second-order valence-corrected chi connectivity index (χ2v) is 4.16. The summed E-state index contributed by atoms with van der Waals surface area (Å²) in [6.07, 6.45) is 7.35. The van der Waals surface area contributed by atoms with Crippen molar-refractivity contribution in [2.45, 2.75) is 44.6 Å². The van der Waals surface area contributed by atoms with Gasteiger partial charge in [0.25, 0.3) is 0 Å². The van der Waals surface area contributed by atoms with E-state index in [4.69, 9.17) is 0 Å². The second kappa shape index (κ2) is 7.96. The van der Waals surface area contributed by atoms with Gasteiger partial charge >= 0.3 is 6.03 Å². The summed E-state index contributed by atoms with van der Waals surface area (Å²) >= 11 is 0. The van der Waals surface area contributed by atoms with Gasteiger partial charge in [-0.2, -0.15) is 0 Å². The Morgan fingerprint density at radius 1 is 1.19 bits per heavy atom. The van der Waals surface area contributed by atoms with Crippen LogP contribution in [0.4, 0.5) is 4.79 Å². The van der Waals surface area contributed by atoms with Gasteiger partial charge in [0, 0.05) is 19.1 Å². The standard InChI is InChI=1S/C11H21N3O2/c15-9-12-7-4-8-13-11(16)14-10-5-2-1-3-6-10/h9-10H,1-8H2,(H,12,15)(H2,13,14,16). The molecule has 3 amide bonds. The molecule has 1 aliphatic carbocycles. The van der Waals surface area contributed by atoms with Crippen molar-refractivity contribution in [1.82, 2.24) is 16.0 Å². The first-order valence-corrected chi connectivity index (χ1v) is 6.04. The first-order valence-electron chi connectivity index (χ1n) is 6.04. The van der Waals surface area contributed by atoms with Crippen LogP contribution in [0, 0.1) is 0 Å². The van der Waals surface area contributed by atoms with Crippen LogP contribution >= 0.6 is 0 Å². The van der Waals surface area contributed by atoms with Gasteiger partial charge < -0.3 is 16.0 Å². The molecule has 92 valence electrons. The number of carbonyl (C=O) groups excluding carboxylic acids is 2. The lowest BCUT2D eigenvalue weighted by molar-refractivity contribution is -0.109. The highest BCUT2D eigenvalue weighted by atomic mass is 16.2. The Morgan fingerprint density at radius 2 is 1.94 bits per heavy atom. The molecule has 16 heavy (non-hydrogen) atoms. The van der Waals surface area contributed by atoms with E-state index in [1.54, 1.807) is 0 Å². The van der Waals surface area contributed by atoms with Crippen LogP contribution in [-0.4, -0.2) is 31.6 Å². The first-order chi connectivity index (χ1) is 7.83. The van der Waals surface area contributed by atoms with E-state index in [9.17, 15) is 9.59 Å². The SMILES string of the molecule is O=CNCCCNC(=O)NC1CCCCC1. The third-order valence-corrected chi connectivity index (χ3v) is 2.81. The summed E-state index contributed by atoms with van der Waals surface area (Å²) in [5.74, 6) is 0. The zero-order chi connectivity index (χ0) is 11.6. The molecule has 0 bridgehead atoms. The second-order valence-electron chi connectivity index (χ2n) is 4.16. The average Bonchev–Trinajstić information content (AvgIpc) is 2.30.